The maximum Gasteiger partial charge on any atom is 0.271 e. The molecule has 3 aromatic rings. The number of anilines is 2. The molecule has 7 nitrogen and oxygen atoms in total. The Labute approximate surface area is 188 Å². The molecule has 3 aromatic carbocycles. The molecule has 0 aromatic heterocycles. The van der Waals surface area contributed by atoms with Gasteiger partial charge >= 0.3 is 0 Å². The molecule has 0 radical (unpaired) electrons. The summed E-state index contributed by atoms with van der Waals surface area (Å²) in [6.07, 6.45) is 0. The van der Waals surface area contributed by atoms with E-state index in [-0.39, 0.29) is 16.8 Å². The maximum atomic E-state index is 12.8. The summed E-state index contributed by atoms with van der Waals surface area (Å²) in [6, 6.07) is 13.5. The van der Waals surface area contributed by atoms with Gasteiger partial charge < -0.3 is 10.6 Å². The van der Waals surface area contributed by atoms with Crippen molar-refractivity contribution in [3.63, 3.8) is 0 Å². The van der Waals surface area contributed by atoms with Crippen molar-refractivity contribution in [1.29, 1.82) is 0 Å². The molecule has 0 spiro atoms. The van der Waals surface area contributed by atoms with E-state index in [1.54, 1.807) is 50.2 Å². The highest BCUT2D eigenvalue weighted by Gasteiger charge is 2.19. The van der Waals surface area contributed by atoms with E-state index in [4.69, 9.17) is 23.2 Å². The molecular weight excluding hydrogens is 441 g/mol. The summed E-state index contributed by atoms with van der Waals surface area (Å²) in [4.78, 5) is 36.2. The van der Waals surface area contributed by atoms with Crippen molar-refractivity contribution in [3.05, 3.63) is 97.0 Å². The first-order valence-corrected chi connectivity index (χ1v) is 9.85. The second kappa shape index (κ2) is 9.16. The highest BCUT2D eigenvalue weighted by Crippen LogP contribution is 2.26. The number of carbonyl (C=O) groups is 2. The van der Waals surface area contributed by atoms with Crippen molar-refractivity contribution in [3.8, 4) is 0 Å². The summed E-state index contributed by atoms with van der Waals surface area (Å²) in [6.45, 7) is 3.47. The van der Waals surface area contributed by atoms with Crippen LogP contribution < -0.4 is 10.6 Å². The van der Waals surface area contributed by atoms with Crippen LogP contribution in [0.5, 0.6) is 0 Å². The number of amides is 2. The van der Waals surface area contributed by atoms with Crippen LogP contribution in [-0.4, -0.2) is 16.7 Å². The maximum absolute atomic E-state index is 12.8. The summed E-state index contributed by atoms with van der Waals surface area (Å²) in [7, 11) is 0. The number of nitrogens with zero attached hydrogens (tertiary/aromatic N) is 1. The first kappa shape index (κ1) is 22.3. The minimum Gasteiger partial charge on any atom is -0.322 e. The molecular formula is C22H17Cl2N3O4. The highest BCUT2D eigenvalue weighted by atomic mass is 35.5. The Morgan fingerprint density at radius 2 is 1.23 bits per heavy atom. The van der Waals surface area contributed by atoms with Crippen LogP contribution in [0.15, 0.2) is 54.6 Å². The molecule has 0 unspecified atom stereocenters. The van der Waals surface area contributed by atoms with Gasteiger partial charge in [0.1, 0.15) is 0 Å². The number of hydrogen-bond acceptors (Lipinski definition) is 4. The Kier molecular flexibility index (Phi) is 6.58. The molecule has 0 atom stereocenters. The molecule has 0 saturated carbocycles. The number of nitrogens with one attached hydrogen (secondary N) is 2. The molecule has 2 amide bonds. The lowest BCUT2D eigenvalue weighted by Gasteiger charge is -2.12. The van der Waals surface area contributed by atoms with Crippen molar-refractivity contribution in [2.45, 2.75) is 13.8 Å². The van der Waals surface area contributed by atoms with E-state index >= 15 is 0 Å². The van der Waals surface area contributed by atoms with Crippen LogP contribution >= 0.6 is 23.2 Å². The summed E-state index contributed by atoms with van der Waals surface area (Å²) in [5, 5.41) is 17.6. The Balaban J connectivity index is 1.94. The molecule has 3 rings (SSSR count). The van der Waals surface area contributed by atoms with E-state index in [9.17, 15) is 19.7 Å². The largest absolute Gasteiger partial charge is 0.322 e. The number of benzene rings is 3. The van der Waals surface area contributed by atoms with Crippen molar-refractivity contribution in [2.75, 3.05) is 10.6 Å². The van der Waals surface area contributed by atoms with Gasteiger partial charge in [-0.2, -0.15) is 0 Å². The molecule has 2 N–H and O–H groups in total. The topological polar surface area (TPSA) is 101 Å². The molecule has 158 valence electrons. The molecule has 0 fully saturated rings. The summed E-state index contributed by atoms with van der Waals surface area (Å²) in [5.41, 5.74) is 1.76. The zero-order valence-corrected chi connectivity index (χ0v) is 18.0. The van der Waals surface area contributed by atoms with Crippen molar-refractivity contribution < 1.29 is 14.5 Å². The lowest BCUT2D eigenvalue weighted by molar-refractivity contribution is -0.384. The fourth-order valence-electron chi connectivity index (χ4n) is 2.85. The SMILES string of the molecule is Cc1c(Cl)cccc1NC(=O)c1cc(C(=O)Nc2cccc(Cl)c2C)cc([N+](=O)[O-])c1. The first-order chi connectivity index (χ1) is 14.7. The van der Waals surface area contributed by atoms with Gasteiger partial charge in [0.25, 0.3) is 17.5 Å². The van der Waals surface area contributed by atoms with Crippen LogP contribution in [0.1, 0.15) is 31.8 Å². The third-order valence-corrected chi connectivity index (χ3v) is 5.50. The van der Waals surface area contributed by atoms with E-state index in [2.05, 4.69) is 10.6 Å². The van der Waals surface area contributed by atoms with Crippen LogP contribution in [0.2, 0.25) is 10.0 Å². The molecule has 0 heterocycles. The zero-order chi connectivity index (χ0) is 22.7. The van der Waals surface area contributed by atoms with Gasteiger partial charge in [0.15, 0.2) is 0 Å². The van der Waals surface area contributed by atoms with E-state index in [0.717, 1.165) is 12.1 Å². The smallest absolute Gasteiger partial charge is 0.271 e. The van der Waals surface area contributed by atoms with Crippen molar-refractivity contribution in [2.24, 2.45) is 0 Å². The number of rotatable bonds is 5. The summed E-state index contributed by atoms with van der Waals surface area (Å²) >= 11 is 12.1. The molecule has 0 aliphatic heterocycles. The standard InChI is InChI=1S/C22H17Cl2N3O4/c1-12-17(23)5-3-7-19(12)25-21(28)14-9-15(11-16(10-14)27(30)31)22(29)26-20-8-4-6-18(24)13(20)2/h3-11H,1-2H3,(H,25,28)(H,26,29). The Morgan fingerprint density at radius 3 is 1.61 bits per heavy atom. The molecule has 31 heavy (non-hydrogen) atoms. The quantitative estimate of drug-likeness (QED) is 0.360. The van der Waals surface area contributed by atoms with Crippen LogP contribution in [-0.2, 0) is 0 Å². The predicted octanol–water partition coefficient (Wildman–Crippen LogP) is 6.02. The molecule has 0 aliphatic rings. The first-order valence-electron chi connectivity index (χ1n) is 9.10. The average molecular weight is 458 g/mol. The van der Waals surface area contributed by atoms with Gasteiger partial charge in [0.2, 0.25) is 0 Å². The number of hydrogen-bond donors (Lipinski definition) is 2. The lowest BCUT2D eigenvalue weighted by atomic mass is 10.1. The fourth-order valence-corrected chi connectivity index (χ4v) is 3.20. The number of non-ortho nitro benzene ring substituents is 1. The van der Waals surface area contributed by atoms with E-state index in [0.29, 0.717) is 32.5 Å². The van der Waals surface area contributed by atoms with Crippen molar-refractivity contribution in [1.82, 2.24) is 0 Å². The Hall–Kier alpha value is -3.42. The fraction of sp³-hybridized carbons (Fsp3) is 0.0909. The molecule has 9 heteroatoms. The van der Waals surface area contributed by atoms with Crippen LogP contribution in [0, 0.1) is 24.0 Å². The second-order valence-corrected chi connectivity index (χ2v) is 7.57. The third-order valence-electron chi connectivity index (χ3n) is 4.68. The Bertz CT molecular complexity index is 1130. The van der Waals surface area contributed by atoms with E-state index in [1.807, 2.05) is 0 Å². The van der Waals surface area contributed by atoms with Gasteiger partial charge in [-0.05, 0) is 55.3 Å². The normalized spacial score (nSPS) is 10.5. The number of carbonyl (C=O) groups excluding carboxylic acids is 2. The summed E-state index contributed by atoms with van der Waals surface area (Å²) < 4.78 is 0. The number of nitro benzene ring substituents is 1. The summed E-state index contributed by atoms with van der Waals surface area (Å²) in [5.74, 6) is -1.22. The van der Waals surface area contributed by atoms with E-state index in [1.165, 1.54) is 6.07 Å². The monoisotopic (exact) mass is 457 g/mol. The minimum atomic E-state index is -0.664. The van der Waals surface area contributed by atoms with Gasteiger partial charge in [-0.1, -0.05) is 35.3 Å². The highest BCUT2D eigenvalue weighted by molar-refractivity contribution is 6.32. The minimum absolute atomic E-state index is 0.0402. The van der Waals surface area contributed by atoms with Crippen LogP contribution in [0.3, 0.4) is 0 Å². The van der Waals surface area contributed by atoms with Gasteiger partial charge in [0.05, 0.1) is 4.92 Å². The number of halogens is 2. The van der Waals surface area contributed by atoms with Gasteiger partial charge in [-0.25, -0.2) is 0 Å². The number of nitro groups is 1. The van der Waals surface area contributed by atoms with Crippen molar-refractivity contribution >= 4 is 52.1 Å². The van der Waals surface area contributed by atoms with E-state index < -0.39 is 16.7 Å². The van der Waals surface area contributed by atoms with Gasteiger partial charge in [-0.15, -0.1) is 0 Å². The predicted molar refractivity (Wildman–Crippen MR) is 121 cm³/mol. The lowest BCUT2D eigenvalue weighted by Crippen LogP contribution is -2.17. The zero-order valence-electron chi connectivity index (χ0n) is 16.5. The van der Waals surface area contributed by atoms with Crippen LogP contribution in [0.4, 0.5) is 17.1 Å². The van der Waals surface area contributed by atoms with Gasteiger partial charge in [0, 0.05) is 44.7 Å². The molecule has 0 aliphatic carbocycles. The Morgan fingerprint density at radius 1 is 0.806 bits per heavy atom. The molecule has 0 bridgehead atoms. The third kappa shape index (κ3) is 5.02. The second-order valence-electron chi connectivity index (χ2n) is 6.76. The van der Waals surface area contributed by atoms with Gasteiger partial charge in [-0.3, -0.25) is 19.7 Å². The average Bonchev–Trinajstić information content (AvgIpc) is 2.74. The molecule has 0 saturated heterocycles. The van der Waals surface area contributed by atoms with Crippen LogP contribution in [0.25, 0.3) is 0 Å².